The highest BCUT2D eigenvalue weighted by atomic mass is 14.4. The van der Waals surface area contributed by atoms with Crippen LogP contribution in [0.4, 0.5) is 0 Å². The van der Waals surface area contributed by atoms with Crippen molar-refractivity contribution in [3.8, 4) is 11.1 Å². The lowest BCUT2D eigenvalue weighted by Crippen LogP contribution is -2.14. The van der Waals surface area contributed by atoms with Crippen LogP contribution in [0.15, 0.2) is 54.6 Å². The fourth-order valence-electron chi connectivity index (χ4n) is 3.54. The van der Waals surface area contributed by atoms with E-state index in [0.29, 0.717) is 0 Å². The Labute approximate surface area is 124 Å². The van der Waals surface area contributed by atoms with E-state index in [1.54, 1.807) is 0 Å². The zero-order valence-electron chi connectivity index (χ0n) is 12.3. The SMILES string of the molecule is CC1(C)c2ccc(C=N)cc2-c2cc3ccccc3cc21. The second kappa shape index (κ2) is 4.05. The maximum atomic E-state index is 7.50. The van der Waals surface area contributed by atoms with E-state index in [1.807, 2.05) is 6.07 Å². The standard InChI is InChI=1S/C20H17N/c1-20(2)18-8-7-13(12-21)9-16(18)17-10-14-5-3-4-6-15(14)11-19(17)20/h3-12,21H,1-2H3. The molecule has 0 atom stereocenters. The van der Waals surface area contributed by atoms with Crippen molar-refractivity contribution in [1.29, 1.82) is 5.41 Å². The summed E-state index contributed by atoms with van der Waals surface area (Å²) in [6.45, 7) is 4.58. The van der Waals surface area contributed by atoms with Crippen molar-refractivity contribution in [2.24, 2.45) is 0 Å². The largest absolute Gasteiger partial charge is 0.308 e. The van der Waals surface area contributed by atoms with Gasteiger partial charge in [-0.05, 0) is 56.8 Å². The first-order chi connectivity index (χ1) is 10.1. The number of hydrogen-bond donors (Lipinski definition) is 1. The van der Waals surface area contributed by atoms with E-state index < -0.39 is 0 Å². The summed E-state index contributed by atoms with van der Waals surface area (Å²) in [6.07, 6.45) is 1.42. The summed E-state index contributed by atoms with van der Waals surface area (Å²) in [6, 6.07) is 19.5. The summed E-state index contributed by atoms with van der Waals surface area (Å²) in [4.78, 5) is 0. The molecule has 0 saturated carbocycles. The number of hydrogen-bond acceptors (Lipinski definition) is 1. The molecule has 0 aliphatic heterocycles. The molecule has 0 heterocycles. The first-order valence-corrected chi connectivity index (χ1v) is 7.30. The van der Waals surface area contributed by atoms with Crippen LogP contribution in [-0.4, -0.2) is 6.21 Å². The molecule has 102 valence electrons. The third-order valence-electron chi connectivity index (χ3n) is 4.73. The molecule has 4 rings (SSSR count). The zero-order chi connectivity index (χ0) is 14.6. The molecule has 21 heavy (non-hydrogen) atoms. The molecule has 3 aromatic carbocycles. The van der Waals surface area contributed by atoms with Crippen molar-refractivity contribution in [3.05, 3.63) is 71.3 Å². The lowest BCUT2D eigenvalue weighted by Gasteiger charge is -2.21. The van der Waals surface area contributed by atoms with Gasteiger partial charge in [-0.3, -0.25) is 0 Å². The first-order valence-electron chi connectivity index (χ1n) is 7.30. The van der Waals surface area contributed by atoms with Crippen LogP contribution in [0.3, 0.4) is 0 Å². The summed E-state index contributed by atoms with van der Waals surface area (Å²) in [7, 11) is 0. The number of benzene rings is 3. The minimum atomic E-state index is 0.0231. The van der Waals surface area contributed by atoms with Crippen LogP contribution < -0.4 is 0 Å². The van der Waals surface area contributed by atoms with Crippen LogP contribution in [0.25, 0.3) is 21.9 Å². The van der Waals surface area contributed by atoms with Crippen LogP contribution in [0.2, 0.25) is 0 Å². The Balaban J connectivity index is 2.11. The second-order valence-electron chi connectivity index (χ2n) is 6.32. The maximum absolute atomic E-state index is 7.50. The molecule has 0 saturated heterocycles. The zero-order valence-corrected chi connectivity index (χ0v) is 12.3. The third-order valence-corrected chi connectivity index (χ3v) is 4.73. The molecule has 1 nitrogen and oxygen atoms in total. The molecule has 0 spiro atoms. The molecule has 1 aliphatic rings. The summed E-state index contributed by atoms with van der Waals surface area (Å²) in [5, 5.41) is 10.1. The quantitative estimate of drug-likeness (QED) is 0.592. The Morgan fingerprint density at radius 2 is 1.48 bits per heavy atom. The van der Waals surface area contributed by atoms with Gasteiger partial charge in [-0.25, -0.2) is 0 Å². The van der Waals surface area contributed by atoms with Gasteiger partial charge in [0.2, 0.25) is 0 Å². The van der Waals surface area contributed by atoms with E-state index in [9.17, 15) is 0 Å². The number of rotatable bonds is 1. The average Bonchev–Trinajstić information content (AvgIpc) is 2.73. The maximum Gasteiger partial charge on any atom is 0.0250 e. The Morgan fingerprint density at radius 1 is 0.810 bits per heavy atom. The van der Waals surface area contributed by atoms with Gasteiger partial charge in [0, 0.05) is 11.6 Å². The first kappa shape index (κ1) is 12.3. The molecule has 1 N–H and O–H groups in total. The molecule has 0 aromatic heterocycles. The second-order valence-corrected chi connectivity index (χ2v) is 6.32. The van der Waals surface area contributed by atoms with Gasteiger partial charge in [0.25, 0.3) is 0 Å². The van der Waals surface area contributed by atoms with Crippen molar-refractivity contribution in [3.63, 3.8) is 0 Å². The van der Waals surface area contributed by atoms with E-state index in [0.717, 1.165) is 5.56 Å². The van der Waals surface area contributed by atoms with Crippen molar-refractivity contribution in [2.45, 2.75) is 19.3 Å². The van der Waals surface area contributed by atoms with Crippen LogP contribution >= 0.6 is 0 Å². The lowest BCUT2D eigenvalue weighted by molar-refractivity contribution is 0.661. The highest BCUT2D eigenvalue weighted by molar-refractivity contribution is 5.94. The molecule has 0 unspecified atom stereocenters. The molecular formula is C20H17N. The van der Waals surface area contributed by atoms with Crippen molar-refractivity contribution in [1.82, 2.24) is 0 Å². The minimum absolute atomic E-state index is 0.0231. The van der Waals surface area contributed by atoms with Crippen LogP contribution in [0.5, 0.6) is 0 Å². The molecule has 1 heteroatoms. The van der Waals surface area contributed by atoms with E-state index in [1.165, 1.54) is 39.2 Å². The highest BCUT2D eigenvalue weighted by Crippen LogP contribution is 2.49. The predicted molar refractivity (Wildman–Crippen MR) is 89.4 cm³/mol. The Morgan fingerprint density at radius 3 is 2.19 bits per heavy atom. The summed E-state index contributed by atoms with van der Waals surface area (Å²) >= 11 is 0. The third kappa shape index (κ3) is 1.61. The van der Waals surface area contributed by atoms with Gasteiger partial charge in [0.15, 0.2) is 0 Å². The summed E-state index contributed by atoms with van der Waals surface area (Å²) in [5.41, 5.74) is 6.33. The van der Waals surface area contributed by atoms with E-state index in [4.69, 9.17) is 5.41 Å². The molecule has 3 aromatic rings. The Hall–Kier alpha value is -2.41. The van der Waals surface area contributed by atoms with Gasteiger partial charge in [-0.15, -0.1) is 0 Å². The van der Waals surface area contributed by atoms with Gasteiger partial charge < -0.3 is 5.41 Å². The highest BCUT2D eigenvalue weighted by Gasteiger charge is 2.35. The number of fused-ring (bicyclic) bond motifs is 4. The van der Waals surface area contributed by atoms with Crippen molar-refractivity contribution >= 4 is 17.0 Å². The summed E-state index contributed by atoms with van der Waals surface area (Å²) in [5.74, 6) is 0. The van der Waals surface area contributed by atoms with Gasteiger partial charge in [0.1, 0.15) is 0 Å². The van der Waals surface area contributed by atoms with Crippen molar-refractivity contribution in [2.75, 3.05) is 0 Å². The van der Waals surface area contributed by atoms with Crippen LogP contribution in [0.1, 0.15) is 30.5 Å². The minimum Gasteiger partial charge on any atom is -0.308 e. The predicted octanol–water partition coefficient (Wildman–Crippen LogP) is 5.14. The Bertz CT molecular complexity index is 887. The van der Waals surface area contributed by atoms with Gasteiger partial charge in [-0.2, -0.15) is 0 Å². The smallest absolute Gasteiger partial charge is 0.0250 e. The molecule has 0 amide bonds. The number of nitrogens with one attached hydrogen (secondary N) is 1. The molecule has 0 fully saturated rings. The Kier molecular flexibility index (Phi) is 2.38. The summed E-state index contributed by atoms with van der Waals surface area (Å²) < 4.78 is 0. The normalized spacial score (nSPS) is 14.8. The fourth-order valence-corrected chi connectivity index (χ4v) is 3.54. The molecular weight excluding hydrogens is 254 g/mol. The van der Waals surface area contributed by atoms with Gasteiger partial charge in [0.05, 0.1) is 0 Å². The molecule has 0 bridgehead atoms. The van der Waals surface area contributed by atoms with E-state index in [2.05, 4.69) is 62.4 Å². The lowest BCUT2D eigenvalue weighted by atomic mass is 9.82. The van der Waals surface area contributed by atoms with Crippen LogP contribution in [-0.2, 0) is 5.41 Å². The fraction of sp³-hybridized carbons (Fsp3) is 0.150. The van der Waals surface area contributed by atoms with Gasteiger partial charge >= 0.3 is 0 Å². The van der Waals surface area contributed by atoms with Crippen LogP contribution in [0, 0.1) is 5.41 Å². The van der Waals surface area contributed by atoms with Gasteiger partial charge in [-0.1, -0.05) is 50.2 Å². The topological polar surface area (TPSA) is 23.9 Å². The van der Waals surface area contributed by atoms with E-state index in [-0.39, 0.29) is 5.41 Å². The monoisotopic (exact) mass is 271 g/mol. The van der Waals surface area contributed by atoms with Crippen molar-refractivity contribution < 1.29 is 0 Å². The average molecular weight is 271 g/mol. The molecule has 0 radical (unpaired) electrons. The molecule has 1 aliphatic carbocycles. The van der Waals surface area contributed by atoms with E-state index >= 15 is 0 Å².